The summed E-state index contributed by atoms with van der Waals surface area (Å²) in [5.74, 6) is -0.305. The van der Waals surface area contributed by atoms with Crippen LogP contribution < -0.4 is 10.2 Å². The third-order valence-corrected chi connectivity index (χ3v) is 6.61. The van der Waals surface area contributed by atoms with Gasteiger partial charge in [0.05, 0.1) is 11.3 Å². The van der Waals surface area contributed by atoms with Crippen LogP contribution in [0.1, 0.15) is 47.3 Å². The number of imide groups is 1. The molecule has 2 aromatic rings. The van der Waals surface area contributed by atoms with Crippen molar-refractivity contribution < 1.29 is 14.4 Å². The highest BCUT2D eigenvalue weighted by Crippen LogP contribution is 2.29. The molecule has 3 heterocycles. The van der Waals surface area contributed by atoms with Crippen molar-refractivity contribution in [1.82, 2.24) is 10.2 Å². The van der Waals surface area contributed by atoms with Crippen LogP contribution in [0.2, 0.25) is 0 Å². The Kier molecular flexibility index (Phi) is 5.94. The number of urea groups is 1. The van der Waals surface area contributed by atoms with Crippen LogP contribution >= 0.6 is 11.3 Å². The lowest BCUT2D eigenvalue weighted by Gasteiger charge is -2.37. The minimum atomic E-state index is -0.464. The zero-order chi connectivity index (χ0) is 20.2. The van der Waals surface area contributed by atoms with Crippen molar-refractivity contribution in [3.63, 3.8) is 0 Å². The Morgan fingerprint density at radius 1 is 1.10 bits per heavy atom. The van der Waals surface area contributed by atoms with E-state index in [0.29, 0.717) is 11.3 Å². The maximum Gasteiger partial charge on any atom is 0.328 e. The van der Waals surface area contributed by atoms with Gasteiger partial charge in [-0.15, -0.1) is 11.3 Å². The van der Waals surface area contributed by atoms with Gasteiger partial charge in [-0.3, -0.25) is 19.8 Å². The predicted molar refractivity (Wildman–Crippen MR) is 113 cm³/mol. The summed E-state index contributed by atoms with van der Waals surface area (Å²) in [5.41, 5.74) is 1.10. The molecular formula is C22H25N3O3S. The summed E-state index contributed by atoms with van der Waals surface area (Å²) in [6.45, 7) is 1.03. The molecule has 2 fully saturated rings. The molecule has 1 atom stereocenters. The molecular weight excluding hydrogens is 386 g/mol. The zero-order valence-corrected chi connectivity index (χ0v) is 17.1. The lowest BCUT2D eigenvalue weighted by Crippen LogP contribution is -2.50. The largest absolute Gasteiger partial charge is 0.336 e. The zero-order valence-electron chi connectivity index (χ0n) is 16.3. The van der Waals surface area contributed by atoms with Gasteiger partial charge in [0.15, 0.2) is 0 Å². The Balaban J connectivity index is 1.54. The van der Waals surface area contributed by atoms with Crippen molar-refractivity contribution in [2.24, 2.45) is 0 Å². The number of carbonyl (C=O) groups is 3. The smallest absolute Gasteiger partial charge is 0.328 e. The molecule has 7 heteroatoms. The number of aryl methyl sites for hydroxylation is 1. The van der Waals surface area contributed by atoms with Crippen LogP contribution in [0.25, 0.3) is 0 Å². The molecule has 0 radical (unpaired) electrons. The molecule has 0 saturated carbocycles. The maximum absolute atomic E-state index is 13.5. The number of piperidine rings is 1. The van der Waals surface area contributed by atoms with Crippen LogP contribution in [-0.2, 0) is 11.2 Å². The number of nitrogens with zero attached hydrogens (tertiary/aromatic N) is 2. The van der Waals surface area contributed by atoms with Gasteiger partial charge in [0.25, 0.3) is 5.91 Å². The highest BCUT2D eigenvalue weighted by molar-refractivity contribution is 7.09. The Bertz CT molecular complexity index is 896. The van der Waals surface area contributed by atoms with E-state index in [1.807, 2.05) is 17.0 Å². The standard InChI is InChI=1S/C22H25N3O3S/c26-20-12-14-25(22(28)23-20)19-9-2-1-8-18(19)21(27)24-13-4-3-6-16(24)10-11-17-7-5-15-29-17/h1-2,5,7-9,15-16H,3-4,6,10-14H2,(H,23,26,28). The van der Waals surface area contributed by atoms with E-state index in [1.165, 1.54) is 9.78 Å². The van der Waals surface area contributed by atoms with Gasteiger partial charge in [-0.1, -0.05) is 18.2 Å². The number of rotatable bonds is 5. The topological polar surface area (TPSA) is 69.7 Å². The average Bonchev–Trinajstić information content (AvgIpc) is 3.26. The lowest BCUT2D eigenvalue weighted by molar-refractivity contribution is -0.120. The van der Waals surface area contributed by atoms with Crippen LogP contribution in [0.4, 0.5) is 10.5 Å². The molecule has 152 valence electrons. The third-order valence-electron chi connectivity index (χ3n) is 5.67. The van der Waals surface area contributed by atoms with Gasteiger partial charge >= 0.3 is 6.03 Å². The lowest BCUT2D eigenvalue weighted by atomic mass is 9.96. The molecule has 0 spiro atoms. The fraction of sp³-hybridized carbons (Fsp3) is 0.409. The highest BCUT2D eigenvalue weighted by Gasteiger charge is 2.32. The Morgan fingerprint density at radius 2 is 1.97 bits per heavy atom. The van der Waals surface area contributed by atoms with Gasteiger partial charge in [0, 0.05) is 30.4 Å². The minimum Gasteiger partial charge on any atom is -0.336 e. The van der Waals surface area contributed by atoms with E-state index in [1.54, 1.807) is 23.5 Å². The van der Waals surface area contributed by atoms with Crippen LogP contribution in [0.15, 0.2) is 41.8 Å². The first kappa shape index (κ1) is 19.6. The predicted octanol–water partition coefficient (Wildman–Crippen LogP) is 3.82. The third kappa shape index (κ3) is 4.34. The Morgan fingerprint density at radius 3 is 2.76 bits per heavy atom. The Labute approximate surface area is 174 Å². The van der Waals surface area contributed by atoms with Crippen molar-refractivity contribution in [2.45, 2.75) is 44.6 Å². The van der Waals surface area contributed by atoms with Gasteiger partial charge in [-0.2, -0.15) is 0 Å². The van der Waals surface area contributed by atoms with Gasteiger partial charge in [-0.25, -0.2) is 4.79 Å². The summed E-state index contributed by atoms with van der Waals surface area (Å²) in [4.78, 5) is 42.2. The molecule has 6 nitrogen and oxygen atoms in total. The van der Waals surface area contributed by atoms with Crippen LogP contribution in [0.5, 0.6) is 0 Å². The summed E-state index contributed by atoms with van der Waals surface area (Å²) in [5, 5.41) is 4.43. The van der Waals surface area contributed by atoms with E-state index in [0.717, 1.165) is 38.6 Å². The molecule has 0 aliphatic carbocycles. The van der Waals surface area contributed by atoms with Crippen molar-refractivity contribution in [3.8, 4) is 0 Å². The molecule has 0 bridgehead atoms. The summed E-state index contributed by atoms with van der Waals surface area (Å²) in [6, 6.07) is 11.2. The number of anilines is 1. The van der Waals surface area contributed by atoms with Crippen LogP contribution in [0.3, 0.4) is 0 Å². The molecule has 2 aliphatic heterocycles. The Hall–Kier alpha value is -2.67. The summed E-state index contributed by atoms with van der Waals surface area (Å²) < 4.78 is 0. The van der Waals surface area contributed by atoms with E-state index in [9.17, 15) is 14.4 Å². The SMILES string of the molecule is O=C1CCN(c2ccccc2C(=O)N2CCCCC2CCc2cccs2)C(=O)N1. The van der Waals surface area contributed by atoms with Gasteiger partial charge < -0.3 is 4.90 Å². The van der Waals surface area contributed by atoms with E-state index in [2.05, 4.69) is 22.8 Å². The maximum atomic E-state index is 13.5. The van der Waals surface area contributed by atoms with Crippen molar-refractivity contribution >= 4 is 34.9 Å². The van der Waals surface area contributed by atoms with Gasteiger partial charge in [0.2, 0.25) is 5.91 Å². The second-order valence-electron chi connectivity index (χ2n) is 7.54. The first-order chi connectivity index (χ1) is 14.1. The number of hydrogen-bond donors (Lipinski definition) is 1. The van der Waals surface area contributed by atoms with Crippen molar-refractivity contribution in [2.75, 3.05) is 18.0 Å². The number of para-hydroxylation sites is 1. The molecule has 1 aromatic carbocycles. The molecule has 1 unspecified atom stereocenters. The number of amides is 4. The molecule has 4 rings (SSSR count). The van der Waals surface area contributed by atoms with Crippen LogP contribution in [-0.4, -0.2) is 41.9 Å². The number of thiophene rings is 1. The molecule has 1 aromatic heterocycles. The summed E-state index contributed by atoms with van der Waals surface area (Å²) >= 11 is 1.76. The number of likely N-dealkylation sites (tertiary alicyclic amines) is 1. The van der Waals surface area contributed by atoms with Crippen LogP contribution in [0, 0.1) is 0 Å². The number of benzene rings is 1. The summed E-state index contributed by atoms with van der Waals surface area (Å²) in [6.07, 6.45) is 5.32. The minimum absolute atomic E-state index is 0.0267. The second kappa shape index (κ2) is 8.78. The monoisotopic (exact) mass is 411 g/mol. The first-order valence-electron chi connectivity index (χ1n) is 10.2. The second-order valence-corrected chi connectivity index (χ2v) is 8.57. The molecule has 29 heavy (non-hydrogen) atoms. The first-order valence-corrected chi connectivity index (χ1v) is 11.0. The fourth-order valence-electron chi connectivity index (χ4n) is 4.17. The molecule has 2 aliphatic rings. The normalized spacial score (nSPS) is 19.9. The van der Waals surface area contributed by atoms with Crippen molar-refractivity contribution in [1.29, 1.82) is 0 Å². The van der Waals surface area contributed by atoms with Crippen molar-refractivity contribution in [3.05, 3.63) is 52.2 Å². The number of hydrogen-bond acceptors (Lipinski definition) is 4. The molecule has 2 saturated heterocycles. The molecule has 4 amide bonds. The van der Waals surface area contributed by atoms with Gasteiger partial charge in [-0.05, 0) is 55.7 Å². The van der Waals surface area contributed by atoms with E-state index in [4.69, 9.17) is 0 Å². The van der Waals surface area contributed by atoms with E-state index in [-0.39, 0.29) is 30.8 Å². The quantitative estimate of drug-likeness (QED) is 0.813. The summed E-state index contributed by atoms with van der Waals surface area (Å²) in [7, 11) is 0. The van der Waals surface area contributed by atoms with Gasteiger partial charge in [0.1, 0.15) is 0 Å². The van der Waals surface area contributed by atoms with E-state index < -0.39 is 6.03 Å². The van der Waals surface area contributed by atoms with E-state index >= 15 is 0 Å². The average molecular weight is 412 g/mol. The number of carbonyl (C=O) groups excluding carboxylic acids is 3. The molecule has 1 N–H and O–H groups in total. The highest BCUT2D eigenvalue weighted by atomic mass is 32.1. The fourth-order valence-corrected chi connectivity index (χ4v) is 4.90. The number of nitrogens with one attached hydrogen (secondary N) is 1.